The molecule has 4 heterocycles. The summed E-state index contributed by atoms with van der Waals surface area (Å²) in [5, 5.41) is 8.74. The highest BCUT2D eigenvalue weighted by Crippen LogP contribution is 2.34. The normalized spacial score (nSPS) is 13.9. The lowest BCUT2D eigenvalue weighted by Gasteiger charge is -2.16. The lowest BCUT2D eigenvalue weighted by molar-refractivity contribution is 0.0864. The van der Waals surface area contributed by atoms with Gasteiger partial charge in [-0.3, -0.25) is 4.98 Å². The van der Waals surface area contributed by atoms with Crippen molar-refractivity contribution in [2.24, 2.45) is 7.05 Å². The number of hydrogen-bond donors (Lipinski definition) is 1. The maximum absolute atomic E-state index is 5.99. The predicted molar refractivity (Wildman–Crippen MR) is 109 cm³/mol. The van der Waals surface area contributed by atoms with Crippen molar-refractivity contribution in [3.8, 4) is 17.0 Å². The molecule has 8 heteroatoms. The van der Waals surface area contributed by atoms with Gasteiger partial charge in [0.2, 0.25) is 5.88 Å². The smallest absolute Gasteiger partial charge is 0.219 e. The van der Waals surface area contributed by atoms with E-state index in [-0.39, 0.29) is 0 Å². The highest BCUT2D eigenvalue weighted by molar-refractivity contribution is 5.94. The Kier molecular flexibility index (Phi) is 4.33. The van der Waals surface area contributed by atoms with Crippen LogP contribution in [-0.4, -0.2) is 37.9 Å². The molecule has 0 radical (unpaired) electrons. The van der Waals surface area contributed by atoms with Gasteiger partial charge in [0.25, 0.3) is 0 Å². The summed E-state index contributed by atoms with van der Waals surface area (Å²) in [6, 6.07) is 8.07. The minimum absolute atomic E-state index is 0.422. The molecule has 1 aliphatic heterocycles. The molecule has 146 valence electrons. The number of hydrogen-bond acceptors (Lipinski definition) is 7. The van der Waals surface area contributed by atoms with E-state index in [1.54, 1.807) is 11.0 Å². The van der Waals surface area contributed by atoms with Crippen molar-refractivity contribution in [1.29, 1.82) is 0 Å². The maximum atomic E-state index is 5.99. The average molecular weight is 388 g/mol. The monoisotopic (exact) mass is 388 g/mol. The van der Waals surface area contributed by atoms with Crippen LogP contribution in [0.2, 0.25) is 0 Å². The van der Waals surface area contributed by atoms with E-state index in [0.717, 1.165) is 44.8 Å². The molecule has 1 aliphatic rings. The second kappa shape index (κ2) is 7.14. The highest BCUT2D eigenvalue weighted by Gasteiger charge is 2.16. The van der Waals surface area contributed by atoms with Gasteiger partial charge in [-0.25, -0.2) is 14.6 Å². The van der Waals surface area contributed by atoms with Crippen LogP contribution >= 0.6 is 0 Å². The molecule has 0 aliphatic carbocycles. The van der Waals surface area contributed by atoms with E-state index in [4.69, 9.17) is 9.47 Å². The van der Waals surface area contributed by atoms with E-state index < -0.39 is 0 Å². The lowest BCUT2D eigenvalue weighted by atomic mass is 10.1. The van der Waals surface area contributed by atoms with Crippen LogP contribution in [0, 0.1) is 6.92 Å². The van der Waals surface area contributed by atoms with Crippen LogP contribution in [0.3, 0.4) is 0 Å². The summed E-state index contributed by atoms with van der Waals surface area (Å²) in [6.45, 7) is 3.26. The minimum Gasteiger partial charge on any atom is -0.475 e. The highest BCUT2D eigenvalue weighted by atomic mass is 16.5. The number of aromatic nitrogens is 5. The Hall–Kier alpha value is -3.52. The Morgan fingerprint density at radius 2 is 2.00 bits per heavy atom. The second-order valence-corrected chi connectivity index (χ2v) is 6.95. The zero-order valence-electron chi connectivity index (χ0n) is 16.2. The molecule has 1 N–H and O–H groups in total. The van der Waals surface area contributed by atoms with Crippen molar-refractivity contribution in [3.05, 3.63) is 54.2 Å². The quantitative estimate of drug-likeness (QED) is 0.494. The van der Waals surface area contributed by atoms with Crippen LogP contribution < -0.4 is 10.1 Å². The van der Waals surface area contributed by atoms with E-state index in [9.17, 15) is 0 Å². The van der Waals surface area contributed by atoms with Crippen molar-refractivity contribution in [3.63, 3.8) is 0 Å². The zero-order valence-corrected chi connectivity index (χ0v) is 16.2. The second-order valence-electron chi connectivity index (χ2n) is 6.95. The molecule has 29 heavy (non-hydrogen) atoms. The molecule has 0 saturated carbocycles. The van der Waals surface area contributed by atoms with Crippen LogP contribution in [0.1, 0.15) is 11.3 Å². The number of nitrogens with one attached hydrogen (secondary N) is 1. The van der Waals surface area contributed by atoms with Gasteiger partial charge in [-0.15, -0.1) is 0 Å². The van der Waals surface area contributed by atoms with E-state index >= 15 is 0 Å². The fourth-order valence-corrected chi connectivity index (χ4v) is 3.45. The molecule has 8 nitrogen and oxygen atoms in total. The molecule has 0 unspecified atom stereocenters. The van der Waals surface area contributed by atoms with Crippen LogP contribution in [0.5, 0.6) is 5.88 Å². The van der Waals surface area contributed by atoms with Gasteiger partial charge in [0, 0.05) is 35.6 Å². The largest absolute Gasteiger partial charge is 0.475 e. The lowest BCUT2D eigenvalue weighted by Crippen LogP contribution is -2.11. The van der Waals surface area contributed by atoms with E-state index in [2.05, 4.69) is 31.4 Å². The van der Waals surface area contributed by atoms with Gasteiger partial charge in [0.15, 0.2) is 0 Å². The van der Waals surface area contributed by atoms with E-state index in [0.29, 0.717) is 25.7 Å². The van der Waals surface area contributed by atoms with Gasteiger partial charge in [0.1, 0.15) is 18.8 Å². The number of fused-ring (bicyclic) bond motifs is 4. The first kappa shape index (κ1) is 17.6. The third-order valence-corrected chi connectivity index (χ3v) is 4.93. The Bertz CT molecular complexity index is 1200. The average Bonchev–Trinajstić information content (AvgIpc) is 3.09. The number of aryl methyl sites for hydroxylation is 2. The molecule has 3 aromatic heterocycles. The molecular formula is C21H20N6O2. The van der Waals surface area contributed by atoms with Gasteiger partial charge < -0.3 is 14.8 Å². The Morgan fingerprint density at radius 1 is 1.07 bits per heavy atom. The molecule has 0 saturated heterocycles. The summed E-state index contributed by atoms with van der Waals surface area (Å²) in [7, 11) is 1.87. The predicted octanol–water partition coefficient (Wildman–Crippen LogP) is 3.39. The summed E-state index contributed by atoms with van der Waals surface area (Å²) in [5.74, 6) is 1.43. The number of benzene rings is 1. The summed E-state index contributed by atoms with van der Waals surface area (Å²) in [6.07, 6.45) is 5.21. The first-order valence-corrected chi connectivity index (χ1v) is 9.39. The van der Waals surface area contributed by atoms with Crippen LogP contribution in [0.15, 0.2) is 43.0 Å². The third kappa shape index (κ3) is 3.27. The van der Waals surface area contributed by atoms with Crippen molar-refractivity contribution in [1.82, 2.24) is 24.7 Å². The first-order valence-electron chi connectivity index (χ1n) is 9.39. The molecule has 0 amide bonds. The molecule has 4 aromatic rings. The number of rotatable bonds is 0. The van der Waals surface area contributed by atoms with Crippen LogP contribution in [0.4, 0.5) is 11.5 Å². The fraction of sp³-hybridized carbons (Fsp3) is 0.238. The topological polar surface area (TPSA) is 87.0 Å². The SMILES string of the molecule is Cc1cc2c(cn1)COCCOc1c(cnn1C)-c1ccc3ncnc(c3c1)N2. The number of nitrogens with zero attached hydrogens (tertiary/aromatic N) is 5. The van der Waals surface area contributed by atoms with Crippen molar-refractivity contribution >= 4 is 22.4 Å². The van der Waals surface area contributed by atoms with Crippen molar-refractivity contribution in [2.75, 3.05) is 18.5 Å². The van der Waals surface area contributed by atoms with Gasteiger partial charge in [-0.1, -0.05) is 6.07 Å². The maximum Gasteiger partial charge on any atom is 0.219 e. The van der Waals surface area contributed by atoms with Crippen LogP contribution in [-0.2, 0) is 18.4 Å². The van der Waals surface area contributed by atoms with E-state index in [1.807, 2.05) is 44.6 Å². The molecular weight excluding hydrogens is 368 g/mol. The van der Waals surface area contributed by atoms with E-state index in [1.165, 1.54) is 0 Å². The summed E-state index contributed by atoms with van der Waals surface area (Å²) < 4.78 is 13.6. The number of pyridine rings is 1. The molecule has 5 rings (SSSR count). The summed E-state index contributed by atoms with van der Waals surface area (Å²) >= 11 is 0. The number of ether oxygens (including phenoxy) is 2. The fourth-order valence-electron chi connectivity index (χ4n) is 3.45. The Balaban J connectivity index is 1.70. The molecule has 0 spiro atoms. The van der Waals surface area contributed by atoms with Crippen molar-refractivity contribution in [2.45, 2.75) is 13.5 Å². The minimum atomic E-state index is 0.422. The Labute approximate surface area is 167 Å². The van der Waals surface area contributed by atoms with Crippen molar-refractivity contribution < 1.29 is 9.47 Å². The van der Waals surface area contributed by atoms with Gasteiger partial charge in [-0.05, 0) is 30.7 Å². The molecule has 1 aromatic carbocycles. The molecule has 2 bridgehead atoms. The zero-order chi connectivity index (χ0) is 19.8. The summed E-state index contributed by atoms with van der Waals surface area (Å²) in [4.78, 5) is 13.3. The van der Waals surface area contributed by atoms with Gasteiger partial charge >= 0.3 is 0 Å². The van der Waals surface area contributed by atoms with Gasteiger partial charge in [-0.2, -0.15) is 5.10 Å². The first-order chi connectivity index (χ1) is 14.2. The standard InChI is InChI=1S/C21H20N6O2/c1-13-7-19-15(9-22-13)11-28-5-6-29-21-17(10-25-27(21)2)14-3-4-18-16(8-14)20(26-19)24-12-23-18/h3-4,7-10,12H,5-6,11H2,1-2H3,(H,23,24,26). The van der Waals surface area contributed by atoms with Crippen LogP contribution in [0.25, 0.3) is 22.0 Å². The Morgan fingerprint density at radius 3 is 2.93 bits per heavy atom. The summed E-state index contributed by atoms with van der Waals surface area (Å²) in [5.41, 5.74) is 5.55. The molecule has 0 atom stereocenters. The third-order valence-electron chi connectivity index (χ3n) is 4.93. The molecule has 0 fully saturated rings. The number of anilines is 2. The van der Waals surface area contributed by atoms with Gasteiger partial charge in [0.05, 0.1) is 30.5 Å².